The quantitative estimate of drug-likeness (QED) is 0.806. The molecule has 2 aromatic rings. The predicted molar refractivity (Wildman–Crippen MR) is 69.0 cm³/mol. The molecule has 6 nitrogen and oxygen atoms in total. The van der Waals surface area contributed by atoms with E-state index in [1.54, 1.807) is 15.8 Å². The molecular formula is C13H14N4O2. The minimum Gasteiger partial charge on any atom is -0.490 e. The number of benzene rings is 1. The van der Waals surface area contributed by atoms with Gasteiger partial charge in [0.2, 0.25) is 5.91 Å². The van der Waals surface area contributed by atoms with Gasteiger partial charge in [-0.2, -0.15) is 0 Å². The Morgan fingerprint density at radius 1 is 1.42 bits per heavy atom. The molecular weight excluding hydrogens is 244 g/mol. The Hall–Kier alpha value is -2.37. The van der Waals surface area contributed by atoms with Crippen molar-refractivity contribution in [2.45, 2.75) is 13.5 Å². The molecule has 0 atom stereocenters. The molecule has 3 rings (SSSR count). The van der Waals surface area contributed by atoms with Crippen LogP contribution >= 0.6 is 0 Å². The van der Waals surface area contributed by atoms with Gasteiger partial charge in [-0.25, -0.2) is 4.68 Å². The fourth-order valence-electron chi connectivity index (χ4n) is 2.11. The molecule has 1 aromatic carbocycles. The molecule has 0 N–H and O–H groups in total. The fraction of sp³-hybridized carbons (Fsp3) is 0.308. The first-order chi connectivity index (χ1) is 9.25. The van der Waals surface area contributed by atoms with Crippen LogP contribution < -0.4 is 9.64 Å². The van der Waals surface area contributed by atoms with Gasteiger partial charge in [-0.05, 0) is 19.1 Å². The number of carbonyl (C=O) groups excluding carboxylic acids is 1. The monoisotopic (exact) mass is 258 g/mol. The number of carbonyl (C=O) groups is 1. The van der Waals surface area contributed by atoms with Crippen LogP contribution in [0.1, 0.15) is 5.69 Å². The van der Waals surface area contributed by atoms with E-state index in [4.69, 9.17) is 4.74 Å². The molecule has 2 heterocycles. The Morgan fingerprint density at radius 3 is 3.05 bits per heavy atom. The molecule has 19 heavy (non-hydrogen) atoms. The Bertz CT molecular complexity index is 608. The van der Waals surface area contributed by atoms with Gasteiger partial charge in [0.05, 0.1) is 24.1 Å². The highest BCUT2D eigenvalue weighted by atomic mass is 16.5. The van der Waals surface area contributed by atoms with Crippen LogP contribution in [-0.2, 0) is 11.3 Å². The van der Waals surface area contributed by atoms with Gasteiger partial charge in [-0.15, -0.1) is 5.10 Å². The summed E-state index contributed by atoms with van der Waals surface area (Å²) in [6.45, 7) is 3.14. The molecule has 1 aliphatic heterocycles. The zero-order valence-electron chi connectivity index (χ0n) is 10.6. The van der Waals surface area contributed by atoms with Gasteiger partial charge in [0.15, 0.2) is 0 Å². The number of ether oxygens (including phenoxy) is 1. The Labute approximate surface area is 110 Å². The van der Waals surface area contributed by atoms with Gasteiger partial charge < -0.3 is 9.64 Å². The lowest BCUT2D eigenvalue weighted by atomic mass is 10.2. The van der Waals surface area contributed by atoms with Gasteiger partial charge in [0, 0.05) is 0 Å². The van der Waals surface area contributed by atoms with Crippen LogP contribution in [0.25, 0.3) is 0 Å². The second-order valence-electron chi connectivity index (χ2n) is 4.39. The molecule has 0 unspecified atom stereocenters. The second kappa shape index (κ2) is 4.72. The maximum absolute atomic E-state index is 12.4. The maximum atomic E-state index is 12.4. The van der Waals surface area contributed by atoms with E-state index in [1.807, 2.05) is 31.2 Å². The lowest BCUT2D eigenvalue weighted by Crippen LogP contribution is -2.40. The lowest BCUT2D eigenvalue weighted by molar-refractivity contribution is -0.119. The third kappa shape index (κ3) is 2.16. The van der Waals surface area contributed by atoms with Crippen LogP contribution in [0.4, 0.5) is 5.69 Å². The van der Waals surface area contributed by atoms with Crippen LogP contribution in [-0.4, -0.2) is 34.1 Å². The summed E-state index contributed by atoms with van der Waals surface area (Å²) in [6, 6.07) is 7.55. The van der Waals surface area contributed by atoms with Crippen molar-refractivity contribution in [1.29, 1.82) is 0 Å². The number of aromatic nitrogens is 3. The average molecular weight is 258 g/mol. The van der Waals surface area contributed by atoms with Crippen molar-refractivity contribution in [1.82, 2.24) is 15.0 Å². The normalized spacial score (nSPS) is 13.8. The highest BCUT2D eigenvalue weighted by Gasteiger charge is 2.23. The molecule has 0 spiro atoms. The number of rotatable bonds is 2. The summed E-state index contributed by atoms with van der Waals surface area (Å²) in [5.74, 6) is 0.738. The number of nitrogens with zero attached hydrogens (tertiary/aromatic N) is 4. The third-order valence-electron chi connectivity index (χ3n) is 3.13. The number of hydrogen-bond donors (Lipinski definition) is 0. The van der Waals surface area contributed by atoms with E-state index in [0.717, 1.165) is 17.1 Å². The molecule has 98 valence electrons. The van der Waals surface area contributed by atoms with E-state index in [-0.39, 0.29) is 12.5 Å². The molecule has 0 saturated heterocycles. The van der Waals surface area contributed by atoms with Crippen LogP contribution in [0.5, 0.6) is 5.75 Å². The molecule has 0 aliphatic carbocycles. The fourth-order valence-corrected chi connectivity index (χ4v) is 2.11. The van der Waals surface area contributed by atoms with Gasteiger partial charge in [-0.3, -0.25) is 4.79 Å². The van der Waals surface area contributed by atoms with Crippen molar-refractivity contribution >= 4 is 11.6 Å². The Morgan fingerprint density at radius 2 is 2.26 bits per heavy atom. The number of anilines is 1. The summed E-state index contributed by atoms with van der Waals surface area (Å²) < 4.78 is 7.13. The van der Waals surface area contributed by atoms with Crippen LogP contribution in [0.2, 0.25) is 0 Å². The summed E-state index contributed by atoms with van der Waals surface area (Å²) in [5.41, 5.74) is 1.69. The van der Waals surface area contributed by atoms with Crippen molar-refractivity contribution in [3.8, 4) is 5.75 Å². The van der Waals surface area contributed by atoms with E-state index in [1.165, 1.54) is 0 Å². The SMILES string of the molecule is Cc1cnnn1CC(=O)N1CCOc2ccccc21. The van der Waals surface area contributed by atoms with Crippen LogP contribution in [0, 0.1) is 6.92 Å². The zero-order valence-corrected chi connectivity index (χ0v) is 10.6. The molecule has 0 radical (unpaired) electrons. The van der Waals surface area contributed by atoms with Crippen molar-refractivity contribution in [2.24, 2.45) is 0 Å². The molecule has 0 bridgehead atoms. The molecule has 1 aromatic heterocycles. The highest BCUT2D eigenvalue weighted by Crippen LogP contribution is 2.30. The van der Waals surface area contributed by atoms with Gasteiger partial charge >= 0.3 is 0 Å². The van der Waals surface area contributed by atoms with E-state index in [0.29, 0.717) is 13.2 Å². The summed E-state index contributed by atoms with van der Waals surface area (Å²) in [7, 11) is 0. The first-order valence-corrected chi connectivity index (χ1v) is 6.13. The first-order valence-electron chi connectivity index (χ1n) is 6.13. The molecule has 1 amide bonds. The van der Waals surface area contributed by atoms with Crippen molar-refractivity contribution in [3.05, 3.63) is 36.2 Å². The number of hydrogen-bond acceptors (Lipinski definition) is 4. The standard InChI is InChI=1S/C13H14N4O2/c1-10-8-14-15-17(10)9-13(18)16-6-7-19-12-5-3-2-4-11(12)16/h2-5,8H,6-7,9H2,1H3. The minimum absolute atomic E-state index is 0.00986. The third-order valence-corrected chi connectivity index (χ3v) is 3.13. The zero-order chi connectivity index (χ0) is 13.2. The number of amides is 1. The molecule has 1 aliphatic rings. The van der Waals surface area contributed by atoms with E-state index < -0.39 is 0 Å². The van der Waals surface area contributed by atoms with E-state index in [2.05, 4.69) is 10.3 Å². The van der Waals surface area contributed by atoms with Gasteiger partial charge in [-0.1, -0.05) is 17.3 Å². The molecule has 0 saturated carbocycles. The van der Waals surface area contributed by atoms with Crippen LogP contribution in [0.15, 0.2) is 30.5 Å². The smallest absolute Gasteiger partial charge is 0.249 e. The summed E-state index contributed by atoms with van der Waals surface area (Å²) >= 11 is 0. The van der Waals surface area contributed by atoms with E-state index >= 15 is 0 Å². The Kier molecular flexibility index (Phi) is 2.91. The van der Waals surface area contributed by atoms with Gasteiger partial charge in [0.25, 0.3) is 0 Å². The van der Waals surface area contributed by atoms with E-state index in [9.17, 15) is 4.79 Å². The predicted octanol–water partition coefficient (Wildman–Crippen LogP) is 1.01. The van der Waals surface area contributed by atoms with Gasteiger partial charge in [0.1, 0.15) is 18.9 Å². The highest BCUT2D eigenvalue weighted by molar-refractivity contribution is 5.95. The lowest BCUT2D eigenvalue weighted by Gasteiger charge is -2.29. The summed E-state index contributed by atoms with van der Waals surface area (Å²) in [5, 5.41) is 7.68. The second-order valence-corrected chi connectivity index (χ2v) is 4.39. The van der Waals surface area contributed by atoms with Crippen molar-refractivity contribution in [2.75, 3.05) is 18.1 Å². The topological polar surface area (TPSA) is 60.2 Å². The van der Waals surface area contributed by atoms with Crippen molar-refractivity contribution < 1.29 is 9.53 Å². The summed E-state index contributed by atoms with van der Waals surface area (Å²) in [4.78, 5) is 14.1. The average Bonchev–Trinajstić information content (AvgIpc) is 2.83. The summed E-state index contributed by atoms with van der Waals surface area (Å²) in [6.07, 6.45) is 1.64. The number of fused-ring (bicyclic) bond motifs is 1. The number of aryl methyl sites for hydroxylation is 1. The first kappa shape index (κ1) is 11.7. The molecule has 6 heteroatoms. The largest absolute Gasteiger partial charge is 0.490 e. The minimum atomic E-state index is -0.00986. The van der Waals surface area contributed by atoms with Crippen LogP contribution in [0.3, 0.4) is 0 Å². The maximum Gasteiger partial charge on any atom is 0.249 e. The Balaban J connectivity index is 1.84. The number of para-hydroxylation sites is 2. The van der Waals surface area contributed by atoms with Crippen molar-refractivity contribution in [3.63, 3.8) is 0 Å². The molecule has 0 fully saturated rings.